The van der Waals surface area contributed by atoms with Crippen molar-refractivity contribution < 1.29 is 4.74 Å². The molecule has 4 rings (SSSR count). The van der Waals surface area contributed by atoms with Gasteiger partial charge in [0, 0.05) is 19.7 Å². The van der Waals surface area contributed by atoms with Gasteiger partial charge in [0.1, 0.15) is 6.10 Å². The summed E-state index contributed by atoms with van der Waals surface area (Å²) in [5, 5.41) is 12.5. The van der Waals surface area contributed by atoms with Gasteiger partial charge in [0.05, 0.1) is 6.04 Å². The predicted octanol–water partition coefficient (Wildman–Crippen LogP) is 2.07. The zero-order valence-corrected chi connectivity index (χ0v) is 12.2. The Hall–Kier alpha value is -1.72. The molecular formula is C16H20N4O. The molecule has 1 aromatic carbocycles. The Kier molecular flexibility index (Phi) is 3.24. The molecule has 21 heavy (non-hydrogen) atoms. The third kappa shape index (κ3) is 2.17. The summed E-state index contributed by atoms with van der Waals surface area (Å²) in [5.74, 6) is 2.52. The number of fused-ring (bicyclic) bond motifs is 1. The summed E-state index contributed by atoms with van der Waals surface area (Å²) in [6.07, 6.45) is 1.20. The SMILES string of the molecule is CC1CCOC1c1nnc2n1CCNC2c1ccccc1. The second-order valence-electron chi connectivity index (χ2n) is 5.92. The lowest BCUT2D eigenvalue weighted by molar-refractivity contribution is 0.0832. The van der Waals surface area contributed by atoms with Crippen LogP contribution in [-0.2, 0) is 11.3 Å². The molecule has 1 aromatic heterocycles. The number of nitrogens with zero attached hydrogens (tertiary/aromatic N) is 3. The van der Waals surface area contributed by atoms with Crippen molar-refractivity contribution in [3.63, 3.8) is 0 Å². The molecule has 0 saturated carbocycles. The minimum absolute atomic E-state index is 0.0979. The number of benzene rings is 1. The van der Waals surface area contributed by atoms with Gasteiger partial charge in [0.25, 0.3) is 0 Å². The Morgan fingerprint density at radius 2 is 2.00 bits per heavy atom. The molecule has 0 spiro atoms. The van der Waals surface area contributed by atoms with Crippen LogP contribution in [0.3, 0.4) is 0 Å². The first-order chi connectivity index (χ1) is 10.3. The van der Waals surface area contributed by atoms with Gasteiger partial charge in [0.15, 0.2) is 11.6 Å². The molecular weight excluding hydrogens is 264 g/mol. The number of nitrogens with one attached hydrogen (secondary N) is 1. The van der Waals surface area contributed by atoms with Crippen molar-refractivity contribution in [2.45, 2.75) is 32.0 Å². The van der Waals surface area contributed by atoms with Crippen LogP contribution < -0.4 is 5.32 Å². The zero-order chi connectivity index (χ0) is 14.2. The van der Waals surface area contributed by atoms with E-state index in [-0.39, 0.29) is 12.1 Å². The quantitative estimate of drug-likeness (QED) is 0.917. The first-order valence-electron chi connectivity index (χ1n) is 7.67. The van der Waals surface area contributed by atoms with Gasteiger partial charge in [0.2, 0.25) is 0 Å². The minimum Gasteiger partial charge on any atom is -0.370 e. The molecule has 3 atom stereocenters. The van der Waals surface area contributed by atoms with E-state index in [0.29, 0.717) is 5.92 Å². The standard InChI is InChI=1S/C16H20N4O/c1-11-7-10-21-14(11)16-19-18-15-13(17-8-9-20(15)16)12-5-3-2-4-6-12/h2-6,11,13-14,17H,7-10H2,1H3. The molecule has 2 aromatic rings. The van der Waals surface area contributed by atoms with Crippen LogP contribution in [0.15, 0.2) is 30.3 Å². The van der Waals surface area contributed by atoms with Gasteiger partial charge in [-0.2, -0.15) is 0 Å². The molecule has 1 saturated heterocycles. The molecule has 3 unspecified atom stereocenters. The topological polar surface area (TPSA) is 52.0 Å². The van der Waals surface area contributed by atoms with E-state index >= 15 is 0 Å². The zero-order valence-electron chi connectivity index (χ0n) is 12.2. The maximum atomic E-state index is 5.87. The van der Waals surface area contributed by atoms with Crippen molar-refractivity contribution in [2.24, 2.45) is 5.92 Å². The maximum absolute atomic E-state index is 5.87. The van der Waals surface area contributed by atoms with E-state index in [4.69, 9.17) is 4.74 Å². The van der Waals surface area contributed by atoms with Crippen LogP contribution in [0, 0.1) is 5.92 Å². The maximum Gasteiger partial charge on any atom is 0.162 e. The van der Waals surface area contributed by atoms with Gasteiger partial charge in [-0.15, -0.1) is 10.2 Å². The number of rotatable bonds is 2. The van der Waals surface area contributed by atoms with E-state index in [0.717, 1.165) is 37.8 Å². The highest BCUT2D eigenvalue weighted by Crippen LogP contribution is 2.35. The fraction of sp³-hybridized carbons (Fsp3) is 0.500. The summed E-state index contributed by atoms with van der Waals surface area (Å²) in [5.41, 5.74) is 1.23. The Morgan fingerprint density at radius 3 is 2.76 bits per heavy atom. The summed E-state index contributed by atoms with van der Waals surface area (Å²) < 4.78 is 8.12. The van der Waals surface area contributed by atoms with Gasteiger partial charge in [-0.05, 0) is 17.9 Å². The first-order valence-corrected chi connectivity index (χ1v) is 7.67. The molecule has 2 aliphatic heterocycles. The van der Waals surface area contributed by atoms with E-state index in [1.165, 1.54) is 5.56 Å². The van der Waals surface area contributed by atoms with Crippen LogP contribution in [0.1, 0.15) is 42.7 Å². The number of ether oxygens (including phenoxy) is 1. The van der Waals surface area contributed by atoms with Crippen molar-refractivity contribution in [1.29, 1.82) is 0 Å². The molecule has 3 heterocycles. The second-order valence-corrected chi connectivity index (χ2v) is 5.92. The van der Waals surface area contributed by atoms with E-state index in [1.807, 2.05) is 6.07 Å². The van der Waals surface area contributed by atoms with Crippen molar-refractivity contribution in [1.82, 2.24) is 20.1 Å². The van der Waals surface area contributed by atoms with Crippen molar-refractivity contribution >= 4 is 0 Å². The molecule has 110 valence electrons. The van der Waals surface area contributed by atoms with Crippen LogP contribution in [0.2, 0.25) is 0 Å². The average molecular weight is 284 g/mol. The number of hydrogen-bond acceptors (Lipinski definition) is 4. The summed E-state index contributed by atoms with van der Waals surface area (Å²) >= 11 is 0. The largest absolute Gasteiger partial charge is 0.370 e. The van der Waals surface area contributed by atoms with Gasteiger partial charge in [-0.25, -0.2) is 0 Å². The van der Waals surface area contributed by atoms with Crippen molar-refractivity contribution in [2.75, 3.05) is 13.2 Å². The molecule has 0 bridgehead atoms. The summed E-state index contributed by atoms with van der Waals surface area (Å²) in [6, 6.07) is 10.6. The van der Waals surface area contributed by atoms with Crippen LogP contribution in [0.5, 0.6) is 0 Å². The minimum atomic E-state index is 0.0979. The second kappa shape index (κ2) is 5.24. The van der Waals surface area contributed by atoms with Crippen LogP contribution in [-0.4, -0.2) is 27.9 Å². The fourth-order valence-electron chi connectivity index (χ4n) is 3.33. The first kappa shape index (κ1) is 13.0. The molecule has 5 heteroatoms. The molecule has 1 fully saturated rings. The molecule has 5 nitrogen and oxygen atoms in total. The normalized spacial score (nSPS) is 28.5. The predicted molar refractivity (Wildman–Crippen MR) is 78.8 cm³/mol. The van der Waals surface area contributed by atoms with Gasteiger partial charge in [-0.3, -0.25) is 0 Å². The Morgan fingerprint density at radius 1 is 1.19 bits per heavy atom. The lowest BCUT2D eigenvalue weighted by Crippen LogP contribution is -2.35. The Labute approximate surface area is 124 Å². The summed E-state index contributed by atoms with van der Waals surface area (Å²) in [6.45, 7) is 4.90. The van der Waals surface area contributed by atoms with E-state index in [9.17, 15) is 0 Å². The van der Waals surface area contributed by atoms with Crippen molar-refractivity contribution in [3.05, 3.63) is 47.5 Å². The summed E-state index contributed by atoms with van der Waals surface area (Å²) in [7, 11) is 0. The average Bonchev–Trinajstić information content (AvgIpc) is 3.13. The van der Waals surface area contributed by atoms with Crippen LogP contribution in [0.25, 0.3) is 0 Å². The lowest BCUT2D eigenvalue weighted by atomic mass is 10.0. The van der Waals surface area contributed by atoms with Gasteiger partial charge < -0.3 is 14.6 Å². The van der Waals surface area contributed by atoms with E-state index < -0.39 is 0 Å². The number of hydrogen-bond donors (Lipinski definition) is 1. The molecule has 0 amide bonds. The highest BCUT2D eigenvalue weighted by Gasteiger charge is 2.34. The smallest absolute Gasteiger partial charge is 0.162 e. The molecule has 2 aliphatic rings. The Bertz CT molecular complexity index is 624. The summed E-state index contributed by atoms with van der Waals surface area (Å²) in [4.78, 5) is 0. The molecule has 1 N–H and O–H groups in total. The Balaban J connectivity index is 1.72. The van der Waals surface area contributed by atoms with E-state index in [1.54, 1.807) is 0 Å². The van der Waals surface area contributed by atoms with Gasteiger partial charge >= 0.3 is 0 Å². The molecule has 0 radical (unpaired) electrons. The van der Waals surface area contributed by atoms with Gasteiger partial charge in [-0.1, -0.05) is 37.3 Å². The monoisotopic (exact) mass is 284 g/mol. The molecule has 0 aliphatic carbocycles. The fourth-order valence-corrected chi connectivity index (χ4v) is 3.33. The highest BCUT2D eigenvalue weighted by atomic mass is 16.5. The van der Waals surface area contributed by atoms with Crippen molar-refractivity contribution in [3.8, 4) is 0 Å². The van der Waals surface area contributed by atoms with E-state index in [2.05, 4.69) is 51.3 Å². The number of aromatic nitrogens is 3. The van der Waals surface area contributed by atoms with Crippen LogP contribution >= 0.6 is 0 Å². The van der Waals surface area contributed by atoms with Crippen LogP contribution in [0.4, 0.5) is 0 Å². The lowest BCUT2D eigenvalue weighted by Gasteiger charge is -2.26. The third-order valence-electron chi connectivity index (χ3n) is 4.52. The third-order valence-corrected chi connectivity index (χ3v) is 4.52. The highest BCUT2D eigenvalue weighted by molar-refractivity contribution is 5.26.